The van der Waals surface area contributed by atoms with Gasteiger partial charge in [-0.1, -0.05) is 30.3 Å². The molecule has 1 heterocycles. The van der Waals surface area contributed by atoms with Crippen LogP contribution in [0.2, 0.25) is 0 Å². The van der Waals surface area contributed by atoms with E-state index in [0.717, 1.165) is 5.56 Å². The van der Waals surface area contributed by atoms with Crippen molar-refractivity contribution >= 4 is 23.2 Å². The van der Waals surface area contributed by atoms with Crippen LogP contribution in [0.25, 0.3) is 10.4 Å². The number of ether oxygens (including phenoxy) is 1. The third kappa shape index (κ3) is 3.69. The Balaban J connectivity index is 2.36. The number of carbonyl (C=O) groups excluding carboxylic acids is 1. The first-order valence-corrected chi connectivity index (χ1v) is 7.42. The molecule has 1 unspecified atom stereocenters. The van der Waals surface area contributed by atoms with E-state index in [2.05, 4.69) is 10.3 Å². The van der Waals surface area contributed by atoms with Crippen molar-refractivity contribution < 1.29 is 19.4 Å². The van der Waals surface area contributed by atoms with E-state index in [9.17, 15) is 9.59 Å². The number of nitrogens with zero attached hydrogens (tertiary/aromatic N) is 1. The summed E-state index contributed by atoms with van der Waals surface area (Å²) in [5, 5.41) is 12.0. The molecule has 0 fully saturated rings. The van der Waals surface area contributed by atoms with E-state index in [1.807, 2.05) is 30.3 Å². The second-order valence-electron chi connectivity index (χ2n) is 4.62. The highest BCUT2D eigenvalue weighted by atomic mass is 32.1. The van der Waals surface area contributed by atoms with Crippen LogP contribution < -0.4 is 5.32 Å². The number of hydrogen-bond donors (Lipinski definition) is 2. The van der Waals surface area contributed by atoms with Crippen LogP contribution in [0.1, 0.15) is 22.4 Å². The Morgan fingerprint density at radius 2 is 2.05 bits per heavy atom. The maximum Gasteiger partial charge on any atom is 0.325 e. The summed E-state index contributed by atoms with van der Waals surface area (Å²) in [7, 11) is 1.55. The fourth-order valence-electron chi connectivity index (χ4n) is 1.82. The average Bonchev–Trinajstić information content (AvgIpc) is 2.92. The summed E-state index contributed by atoms with van der Waals surface area (Å²) in [5.74, 6) is -1.60. The lowest BCUT2D eigenvalue weighted by atomic mass is 10.1. The number of benzene rings is 1. The molecule has 2 aromatic rings. The van der Waals surface area contributed by atoms with Crippen molar-refractivity contribution in [2.45, 2.75) is 19.6 Å². The summed E-state index contributed by atoms with van der Waals surface area (Å²) in [6.45, 7) is 1.71. The Bertz CT molecular complexity index is 669. The molecule has 7 heteroatoms. The van der Waals surface area contributed by atoms with E-state index in [4.69, 9.17) is 9.84 Å². The van der Waals surface area contributed by atoms with Crippen LogP contribution in [-0.2, 0) is 16.1 Å². The van der Waals surface area contributed by atoms with Gasteiger partial charge in [-0.15, -0.1) is 11.3 Å². The largest absolute Gasteiger partial charge is 0.480 e. The molecule has 0 saturated carbocycles. The lowest BCUT2D eigenvalue weighted by molar-refractivity contribution is -0.138. The minimum Gasteiger partial charge on any atom is -0.480 e. The summed E-state index contributed by atoms with van der Waals surface area (Å²) in [4.78, 5) is 28.2. The van der Waals surface area contributed by atoms with Crippen molar-refractivity contribution in [2.24, 2.45) is 0 Å². The molecular formula is C15H16N2O4S. The van der Waals surface area contributed by atoms with Gasteiger partial charge in [-0.3, -0.25) is 9.59 Å². The van der Waals surface area contributed by atoms with Crippen LogP contribution in [-0.4, -0.2) is 35.1 Å². The van der Waals surface area contributed by atoms with E-state index < -0.39 is 17.9 Å². The number of nitrogens with one attached hydrogen (secondary N) is 1. The summed E-state index contributed by atoms with van der Waals surface area (Å²) in [6.07, 6.45) is 0. The summed E-state index contributed by atoms with van der Waals surface area (Å²) < 4.78 is 5.05. The maximum absolute atomic E-state index is 12.3. The van der Waals surface area contributed by atoms with Crippen LogP contribution in [0, 0.1) is 0 Å². The number of amides is 1. The minimum atomic E-state index is -1.10. The number of carboxylic acid groups (broad SMARTS) is 1. The first kappa shape index (κ1) is 16.1. The second kappa shape index (κ2) is 7.15. The normalized spacial score (nSPS) is 11.9. The molecular weight excluding hydrogens is 304 g/mol. The molecule has 116 valence electrons. The van der Waals surface area contributed by atoms with Gasteiger partial charge < -0.3 is 15.2 Å². The highest BCUT2D eigenvalue weighted by molar-refractivity contribution is 7.15. The van der Waals surface area contributed by atoms with Gasteiger partial charge in [0.25, 0.3) is 5.91 Å². The van der Waals surface area contributed by atoms with Gasteiger partial charge in [0.2, 0.25) is 0 Å². The zero-order valence-electron chi connectivity index (χ0n) is 12.2. The van der Waals surface area contributed by atoms with Crippen molar-refractivity contribution in [2.75, 3.05) is 7.11 Å². The van der Waals surface area contributed by atoms with Crippen LogP contribution in [0.5, 0.6) is 0 Å². The van der Waals surface area contributed by atoms with Gasteiger partial charge in [0, 0.05) is 7.11 Å². The highest BCUT2D eigenvalue weighted by Gasteiger charge is 2.22. The number of carboxylic acids is 1. The van der Waals surface area contributed by atoms with Crippen molar-refractivity contribution in [1.82, 2.24) is 10.3 Å². The Labute approximate surface area is 131 Å². The Morgan fingerprint density at radius 1 is 1.36 bits per heavy atom. The molecule has 0 radical (unpaired) electrons. The molecule has 0 aliphatic heterocycles. The summed E-state index contributed by atoms with van der Waals surface area (Å²) in [5.41, 5.74) is 1.08. The molecule has 1 atom stereocenters. The molecule has 2 N–H and O–H groups in total. The molecule has 2 rings (SSSR count). The molecule has 1 amide bonds. The Morgan fingerprint density at radius 3 is 2.64 bits per heavy atom. The second-order valence-corrected chi connectivity index (χ2v) is 5.70. The SMILES string of the molecule is COCc1nc(C(=O)NC(C)C(=O)O)c(-c2ccccc2)s1. The van der Waals surface area contributed by atoms with E-state index >= 15 is 0 Å². The highest BCUT2D eigenvalue weighted by Crippen LogP contribution is 2.30. The van der Waals surface area contributed by atoms with Crippen LogP contribution in [0.4, 0.5) is 0 Å². The van der Waals surface area contributed by atoms with Crippen molar-refractivity contribution in [3.8, 4) is 10.4 Å². The Hall–Kier alpha value is -2.25. The third-order valence-corrected chi connectivity index (χ3v) is 3.99. The summed E-state index contributed by atoms with van der Waals surface area (Å²) in [6, 6.07) is 8.39. The van der Waals surface area contributed by atoms with Gasteiger partial charge in [0.1, 0.15) is 16.7 Å². The van der Waals surface area contributed by atoms with Crippen molar-refractivity contribution in [3.63, 3.8) is 0 Å². The molecule has 0 aliphatic rings. The predicted molar refractivity (Wildman–Crippen MR) is 82.8 cm³/mol. The number of methoxy groups -OCH3 is 1. The smallest absolute Gasteiger partial charge is 0.325 e. The van der Waals surface area contributed by atoms with Crippen LogP contribution in [0.15, 0.2) is 30.3 Å². The minimum absolute atomic E-state index is 0.219. The molecule has 0 spiro atoms. The van der Waals surface area contributed by atoms with E-state index in [1.165, 1.54) is 18.3 Å². The molecule has 0 bridgehead atoms. The number of rotatable bonds is 6. The van der Waals surface area contributed by atoms with Crippen LogP contribution >= 0.6 is 11.3 Å². The average molecular weight is 320 g/mol. The lowest BCUT2D eigenvalue weighted by Crippen LogP contribution is -2.38. The van der Waals surface area contributed by atoms with Gasteiger partial charge in [-0.2, -0.15) is 0 Å². The van der Waals surface area contributed by atoms with E-state index in [-0.39, 0.29) is 5.69 Å². The molecule has 6 nitrogen and oxygen atoms in total. The lowest BCUT2D eigenvalue weighted by Gasteiger charge is -2.08. The number of carbonyl (C=O) groups is 2. The van der Waals surface area contributed by atoms with Gasteiger partial charge in [0.05, 0.1) is 11.5 Å². The maximum atomic E-state index is 12.3. The molecule has 1 aromatic heterocycles. The molecule has 0 saturated heterocycles. The number of thiazole rings is 1. The molecule has 1 aromatic carbocycles. The van der Waals surface area contributed by atoms with E-state index in [1.54, 1.807) is 7.11 Å². The number of aromatic nitrogens is 1. The standard InChI is InChI=1S/C15H16N2O4S/c1-9(15(19)20)16-14(18)12-13(10-6-4-3-5-7-10)22-11(17-12)8-21-2/h3-7,9H,8H2,1-2H3,(H,16,18)(H,19,20). The predicted octanol–water partition coefficient (Wildman–Crippen LogP) is 2.16. The molecule has 0 aliphatic carbocycles. The molecule has 22 heavy (non-hydrogen) atoms. The monoisotopic (exact) mass is 320 g/mol. The third-order valence-electron chi connectivity index (χ3n) is 2.91. The number of hydrogen-bond acceptors (Lipinski definition) is 5. The van der Waals surface area contributed by atoms with Gasteiger partial charge in [-0.25, -0.2) is 4.98 Å². The fourth-order valence-corrected chi connectivity index (χ4v) is 2.85. The zero-order chi connectivity index (χ0) is 16.1. The first-order chi connectivity index (χ1) is 10.5. The van der Waals surface area contributed by atoms with Crippen molar-refractivity contribution in [1.29, 1.82) is 0 Å². The Kier molecular flexibility index (Phi) is 5.24. The summed E-state index contributed by atoms with van der Waals surface area (Å²) >= 11 is 1.36. The van der Waals surface area contributed by atoms with E-state index in [0.29, 0.717) is 16.5 Å². The van der Waals surface area contributed by atoms with Gasteiger partial charge >= 0.3 is 5.97 Å². The van der Waals surface area contributed by atoms with Crippen molar-refractivity contribution in [3.05, 3.63) is 41.0 Å². The van der Waals surface area contributed by atoms with Crippen LogP contribution in [0.3, 0.4) is 0 Å². The zero-order valence-corrected chi connectivity index (χ0v) is 13.0. The fraction of sp³-hybridized carbons (Fsp3) is 0.267. The van der Waals surface area contributed by atoms with Gasteiger partial charge in [-0.05, 0) is 12.5 Å². The first-order valence-electron chi connectivity index (χ1n) is 6.60. The van der Waals surface area contributed by atoms with Gasteiger partial charge in [0.15, 0.2) is 0 Å². The topological polar surface area (TPSA) is 88.5 Å². The number of aliphatic carboxylic acids is 1. The quantitative estimate of drug-likeness (QED) is 0.851.